The van der Waals surface area contributed by atoms with Crippen molar-refractivity contribution in [2.45, 2.75) is 10.1 Å². The molecule has 33 heavy (non-hydrogen) atoms. The number of rotatable bonds is 8. The quantitative estimate of drug-likeness (QED) is 0.383. The van der Waals surface area contributed by atoms with E-state index in [0.717, 1.165) is 10.5 Å². The number of allylic oxidation sites excluding steroid dienone is 2. The number of aromatic nitrogens is 2. The lowest BCUT2D eigenvalue weighted by Crippen LogP contribution is -2.06. The van der Waals surface area contributed by atoms with E-state index in [9.17, 15) is 5.26 Å². The van der Waals surface area contributed by atoms with Gasteiger partial charge in [0.05, 0.1) is 25.5 Å². The van der Waals surface area contributed by atoms with E-state index in [1.807, 2.05) is 48.5 Å². The number of anilines is 1. The van der Waals surface area contributed by atoms with Crippen molar-refractivity contribution in [1.82, 2.24) is 9.97 Å². The number of thioether (sulfide) groups is 1. The molecule has 1 atom stereocenters. The van der Waals surface area contributed by atoms with Gasteiger partial charge in [-0.15, -0.1) is 11.8 Å². The number of benzene rings is 2. The van der Waals surface area contributed by atoms with Crippen molar-refractivity contribution in [2.24, 2.45) is 0 Å². The zero-order valence-electron chi connectivity index (χ0n) is 17.8. The zero-order chi connectivity index (χ0) is 23.6. The summed E-state index contributed by atoms with van der Waals surface area (Å²) in [7, 11) is 3.08. The fourth-order valence-electron chi connectivity index (χ4n) is 2.83. The number of methoxy groups -OCH3 is 2. The summed E-state index contributed by atoms with van der Waals surface area (Å²) in [6.07, 6.45) is 0. The molecule has 0 radical (unpaired) electrons. The number of nitriles is 3. The van der Waals surface area contributed by atoms with Gasteiger partial charge in [0.1, 0.15) is 23.9 Å². The predicted octanol–water partition coefficient (Wildman–Crippen LogP) is 4.61. The molecule has 1 heterocycles. The average Bonchev–Trinajstić information content (AvgIpc) is 2.88. The molecule has 9 heteroatoms. The van der Waals surface area contributed by atoms with Gasteiger partial charge >= 0.3 is 0 Å². The molecule has 0 aliphatic rings. The first kappa shape index (κ1) is 23.1. The topological polar surface area (TPSA) is 128 Å². The minimum absolute atomic E-state index is 0.0977. The van der Waals surface area contributed by atoms with Crippen LogP contribution in [0.1, 0.15) is 16.6 Å². The molecular weight excluding hydrogens is 436 g/mol. The van der Waals surface area contributed by atoms with Crippen molar-refractivity contribution >= 4 is 17.4 Å². The molecule has 0 saturated carbocycles. The van der Waals surface area contributed by atoms with Gasteiger partial charge in [0.2, 0.25) is 11.8 Å². The molecule has 3 aromatic rings. The van der Waals surface area contributed by atoms with Crippen molar-refractivity contribution in [3.63, 3.8) is 0 Å². The second kappa shape index (κ2) is 11.2. The number of nitrogens with zero attached hydrogens (tertiary/aromatic N) is 5. The second-order valence-electron chi connectivity index (χ2n) is 6.45. The highest BCUT2D eigenvalue weighted by molar-refractivity contribution is 7.99. The zero-order valence-corrected chi connectivity index (χ0v) is 18.6. The Morgan fingerprint density at radius 3 is 2.00 bits per heavy atom. The molecule has 2 aromatic carbocycles. The monoisotopic (exact) mass is 454 g/mol. The molecule has 3 rings (SSSR count). The van der Waals surface area contributed by atoms with Crippen LogP contribution in [0, 0.1) is 34.0 Å². The molecule has 8 nitrogen and oxygen atoms in total. The maximum Gasteiger partial charge on any atom is 0.220 e. The second-order valence-corrected chi connectivity index (χ2v) is 7.63. The van der Waals surface area contributed by atoms with E-state index >= 15 is 0 Å². The van der Waals surface area contributed by atoms with Crippen LogP contribution in [0.4, 0.5) is 5.69 Å². The van der Waals surface area contributed by atoms with E-state index in [0.29, 0.717) is 23.3 Å². The SMILES string of the molecule is COc1cc(OC)nc(C(Sc2ccc(NC(C#N)=C(C#N)C#N)cc2)c2ccccc2)n1. The van der Waals surface area contributed by atoms with Crippen LogP contribution in [0.3, 0.4) is 0 Å². The summed E-state index contributed by atoms with van der Waals surface area (Å²) in [6, 6.07) is 24.0. The minimum atomic E-state index is -0.274. The molecule has 0 saturated heterocycles. The molecule has 0 aliphatic heterocycles. The molecule has 162 valence electrons. The molecule has 0 aliphatic carbocycles. The third kappa shape index (κ3) is 5.80. The van der Waals surface area contributed by atoms with Crippen molar-refractivity contribution < 1.29 is 9.47 Å². The molecule has 0 amide bonds. The normalized spacial score (nSPS) is 10.6. The summed E-state index contributed by atoms with van der Waals surface area (Å²) in [5.41, 5.74) is 1.21. The standard InChI is InChI=1S/C24H18N6O2S/c1-31-21-12-22(32-2)30-24(29-21)23(16-6-4-3-5-7-16)33-19-10-8-18(9-11-19)28-20(15-27)17(13-25)14-26/h3-12,23,28H,1-2H3. The number of hydrogen-bond donors (Lipinski definition) is 1. The summed E-state index contributed by atoms with van der Waals surface area (Å²) >= 11 is 1.54. The Bertz CT molecular complexity index is 1230. The highest BCUT2D eigenvalue weighted by atomic mass is 32.2. The molecule has 1 N–H and O–H groups in total. The Balaban J connectivity index is 1.92. The van der Waals surface area contributed by atoms with Gasteiger partial charge in [0.15, 0.2) is 11.4 Å². The molecular formula is C24H18N6O2S. The van der Waals surface area contributed by atoms with Crippen LogP contribution in [0.5, 0.6) is 11.8 Å². The van der Waals surface area contributed by atoms with Crippen LogP contribution >= 0.6 is 11.8 Å². The first-order valence-corrected chi connectivity index (χ1v) is 10.5. The Kier molecular flexibility index (Phi) is 7.86. The summed E-state index contributed by atoms with van der Waals surface area (Å²) < 4.78 is 10.6. The summed E-state index contributed by atoms with van der Waals surface area (Å²) in [6.45, 7) is 0. The lowest BCUT2D eigenvalue weighted by molar-refractivity contribution is 0.368. The lowest BCUT2D eigenvalue weighted by atomic mass is 10.1. The van der Waals surface area contributed by atoms with Gasteiger partial charge in [-0.1, -0.05) is 30.3 Å². The third-order valence-corrected chi connectivity index (χ3v) is 5.68. The van der Waals surface area contributed by atoms with Crippen LogP contribution in [0.2, 0.25) is 0 Å². The van der Waals surface area contributed by atoms with Gasteiger partial charge in [-0.05, 0) is 29.8 Å². The Morgan fingerprint density at radius 1 is 0.879 bits per heavy atom. The fourth-order valence-corrected chi connectivity index (χ4v) is 3.89. The third-order valence-electron chi connectivity index (χ3n) is 4.41. The number of nitrogens with one attached hydrogen (secondary N) is 1. The first-order chi connectivity index (χ1) is 16.1. The van der Waals surface area contributed by atoms with Crippen LogP contribution in [0.25, 0.3) is 0 Å². The molecule has 0 bridgehead atoms. The van der Waals surface area contributed by atoms with Crippen LogP contribution in [-0.4, -0.2) is 24.2 Å². The predicted molar refractivity (Wildman–Crippen MR) is 123 cm³/mol. The molecule has 0 fully saturated rings. The molecule has 0 spiro atoms. The molecule has 1 aromatic heterocycles. The maximum atomic E-state index is 9.22. The summed E-state index contributed by atoms with van der Waals surface area (Å²) in [5, 5.41) is 29.8. The van der Waals surface area contributed by atoms with Gasteiger partial charge in [0, 0.05) is 10.6 Å². The van der Waals surface area contributed by atoms with Crippen molar-refractivity contribution in [3.8, 4) is 30.0 Å². The van der Waals surface area contributed by atoms with E-state index in [1.165, 1.54) is 26.0 Å². The first-order valence-electron chi connectivity index (χ1n) is 9.62. The lowest BCUT2D eigenvalue weighted by Gasteiger charge is -2.17. The fraction of sp³-hybridized carbons (Fsp3) is 0.125. The van der Waals surface area contributed by atoms with E-state index < -0.39 is 0 Å². The van der Waals surface area contributed by atoms with Crippen molar-refractivity contribution in [1.29, 1.82) is 15.8 Å². The Morgan fingerprint density at radius 2 is 1.48 bits per heavy atom. The number of hydrogen-bond acceptors (Lipinski definition) is 9. The van der Waals surface area contributed by atoms with E-state index in [2.05, 4.69) is 15.3 Å². The molecule has 1 unspecified atom stereocenters. The highest BCUT2D eigenvalue weighted by Gasteiger charge is 2.21. The van der Waals surface area contributed by atoms with Gasteiger partial charge in [0.25, 0.3) is 0 Å². The summed E-state index contributed by atoms with van der Waals surface area (Å²) in [4.78, 5) is 9.98. The van der Waals surface area contributed by atoms with Gasteiger partial charge < -0.3 is 14.8 Å². The van der Waals surface area contributed by atoms with Crippen LogP contribution in [0.15, 0.2) is 76.8 Å². The highest BCUT2D eigenvalue weighted by Crippen LogP contribution is 2.40. The van der Waals surface area contributed by atoms with Gasteiger partial charge in [-0.3, -0.25) is 0 Å². The van der Waals surface area contributed by atoms with E-state index in [1.54, 1.807) is 30.3 Å². The van der Waals surface area contributed by atoms with Crippen molar-refractivity contribution in [3.05, 3.63) is 83.3 Å². The van der Waals surface area contributed by atoms with Gasteiger partial charge in [-0.25, -0.2) is 0 Å². The smallest absolute Gasteiger partial charge is 0.220 e. The van der Waals surface area contributed by atoms with Crippen molar-refractivity contribution in [2.75, 3.05) is 19.5 Å². The summed E-state index contributed by atoms with van der Waals surface area (Å²) in [5.74, 6) is 1.34. The Hall–Kier alpha value is -4.52. The van der Waals surface area contributed by atoms with E-state index in [-0.39, 0.29) is 16.5 Å². The van der Waals surface area contributed by atoms with Crippen LogP contribution in [-0.2, 0) is 0 Å². The van der Waals surface area contributed by atoms with E-state index in [4.69, 9.17) is 20.0 Å². The largest absolute Gasteiger partial charge is 0.481 e. The van der Waals surface area contributed by atoms with Gasteiger partial charge in [-0.2, -0.15) is 25.8 Å². The van der Waals surface area contributed by atoms with Crippen LogP contribution < -0.4 is 14.8 Å². The number of ether oxygens (including phenoxy) is 2. The Labute approximate surface area is 195 Å². The minimum Gasteiger partial charge on any atom is -0.481 e. The average molecular weight is 455 g/mol. The maximum absolute atomic E-state index is 9.22.